The molecule has 0 unspecified atom stereocenters. The van der Waals surface area contributed by atoms with Gasteiger partial charge in [-0.1, -0.05) is 19.9 Å². The van der Waals surface area contributed by atoms with Gasteiger partial charge in [-0.15, -0.1) is 0 Å². The quantitative estimate of drug-likeness (QED) is 0.525. The van der Waals surface area contributed by atoms with Crippen molar-refractivity contribution in [2.75, 3.05) is 0 Å². The van der Waals surface area contributed by atoms with Crippen LogP contribution >= 0.6 is 0 Å². The van der Waals surface area contributed by atoms with Crippen molar-refractivity contribution >= 4 is 0 Å². The van der Waals surface area contributed by atoms with Crippen LogP contribution in [0, 0.1) is 11.8 Å². The van der Waals surface area contributed by atoms with E-state index in [0.717, 1.165) is 0 Å². The monoisotopic (exact) mass is 124 g/mol. The Kier molecular flexibility index (Phi) is 1.60. The van der Waals surface area contributed by atoms with Crippen molar-refractivity contribution in [2.24, 2.45) is 11.8 Å². The molecule has 0 radical (unpaired) electrons. The van der Waals surface area contributed by atoms with Crippen molar-refractivity contribution in [2.45, 2.75) is 13.8 Å². The Morgan fingerprint density at radius 2 is 2.00 bits per heavy atom. The number of hydrogen-bond acceptors (Lipinski definition) is 1. The van der Waals surface area contributed by atoms with Gasteiger partial charge in [0, 0.05) is 0 Å². The molecule has 1 aliphatic rings. The number of aliphatic hydroxyl groups is 1. The third-order valence-corrected chi connectivity index (χ3v) is 1.83. The minimum Gasteiger partial charge on any atom is -0.508 e. The second kappa shape index (κ2) is 2.26. The molecule has 50 valence electrons. The summed E-state index contributed by atoms with van der Waals surface area (Å²) >= 11 is 0. The number of aliphatic hydroxyl groups excluding tert-OH is 1. The van der Waals surface area contributed by atoms with E-state index in [2.05, 4.69) is 13.8 Å². The lowest BCUT2D eigenvalue weighted by molar-refractivity contribution is 0.406. The average Bonchev–Trinajstić information content (AvgIpc) is 1.80. The van der Waals surface area contributed by atoms with E-state index in [0.29, 0.717) is 17.6 Å². The highest BCUT2D eigenvalue weighted by atomic mass is 16.3. The standard InChI is InChI=1S/C8H12O/c1-6-3-4-8(9)5-7(6)2/h3-7,9H,1-2H3/t6-,7+/m0/s1. The fraction of sp³-hybridized carbons (Fsp3) is 0.500. The average molecular weight is 124 g/mol. The summed E-state index contributed by atoms with van der Waals surface area (Å²) in [5.41, 5.74) is 0. The molecule has 0 saturated carbocycles. The Bertz CT molecular complexity index is 156. The van der Waals surface area contributed by atoms with Crippen molar-refractivity contribution in [1.29, 1.82) is 0 Å². The molecular formula is C8H12O. The predicted octanol–water partition coefficient (Wildman–Crippen LogP) is 2.27. The number of hydrogen-bond donors (Lipinski definition) is 1. The van der Waals surface area contributed by atoms with Crippen molar-refractivity contribution in [3.05, 3.63) is 24.0 Å². The van der Waals surface area contributed by atoms with E-state index in [1.54, 1.807) is 6.08 Å². The van der Waals surface area contributed by atoms with Crippen LogP contribution in [0.2, 0.25) is 0 Å². The van der Waals surface area contributed by atoms with Gasteiger partial charge < -0.3 is 5.11 Å². The predicted molar refractivity (Wildman–Crippen MR) is 38.2 cm³/mol. The first-order chi connectivity index (χ1) is 4.20. The highest BCUT2D eigenvalue weighted by Crippen LogP contribution is 2.20. The molecule has 0 aromatic carbocycles. The molecule has 1 heteroatoms. The first-order valence-corrected chi connectivity index (χ1v) is 3.29. The van der Waals surface area contributed by atoms with E-state index >= 15 is 0 Å². The molecule has 2 atom stereocenters. The Morgan fingerprint density at radius 3 is 2.44 bits per heavy atom. The van der Waals surface area contributed by atoms with Gasteiger partial charge in [0.05, 0.1) is 0 Å². The molecule has 1 nitrogen and oxygen atoms in total. The Morgan fingerprint density at radius 1 is 1.33 bits per heavy atom. The van der Waals surface area contributed by atoms with E-state index in [-0.39, 0.29) is 0 Å². The minimum atomic E-state index is 0.403. The van der Waals surface area contributed by atoms with E-state index in [1.807, 2.05) is 12.2 Å². The van der Waals surface area contributed by atoms with Gasteiger partial charge >= 0.3 is 0 Å². The molecule has 0 spiro atoms. The second-order valence-electron chi connectivity index (χ2n) is 2.67. The van der Waals surface area contributed by atoms with Gasteiger partial charge in [-0.05, 0) is 24.0 Å². The maximum atomic E-state index is 8.97. The topological polar surface area (TPSA) is 20.2 Å². The van der Waals surface area contributed by atoms with Crippen LogP contribution in [0.3, 0.4) is 0 Å². The largest absolute Gasteiger partial charge is 0.508 e. The molecular weight excluding hydrogens is 112 g/mol. The van der Waals surface area contributed by atoms with Crippen LogP contribution in [-0.2, 0) is 0 Å². The summed E-state index contributed by atoms with van der Waals surface area (Å²) in [6.45, 7) is 4.24. The molecule has 0 fully saturated rings. The van der Waals surface area contributed by atoms with Crippen molar-refractivity contribution < 1.29 is 5.11 Å². The highest BCUT2D eigenvalue weighted by Gasteiger charge is 2.10. The van der Waals surface area contributed by atoms with Crippen LogP contribution in [0.15, 0.2) is 24.0 Å². The lowest BCUT2D eigenvalue weighted by Gasteiger charge is -2.15. The summed E-state index contributed by atoms with van der Waals surface area (Å²) < 4.78 is 0. The van der Waals surface area contributed by atoms with Gasteiger partial charge in [0.25, 0.3) is 0 Å². The van der Waals surface area contributed by atoms with E-state index < -0.39 is 0 Å². The van der Waals surface area contributed by atoms with Crippen LogP contribution in [0.1, 0.15) is 13.8 Å². The first-order valence-electron chi connectivity index (χ1n) is 3.29. The number of rotatable bonds is 0. The smallest absolute Gasteiger partial charge is 0.111 e. The molecule has 1 N–H and O–H groups in total. The molecule has 1 aliphatic carbocycles. The van der Waals surface area contributed by atoms with E-state index in [4.69, 9.17) is 5.11 Å². The van der Waals surface area contributed by atoms with Crippen LogP contribution in [-0.4, -0.2) is 5.11 Å². The minimum absolute atomic E-state index is 0.403. The summed E-state index contributed by atoms with van der Waals surface area (Å²) in [4.78, 5) is 0. The van der Waals surface area contributed by atoms with Crippen LogP contribution < -0.4 is 0 Å². The normalized spacial score (nSPS) is 34.2. The molecule has 0 heterocycles. The lowest BCUT2D eigenvalue weighted by atomic mass is 9.91. The molecule has 0 aliphatic heterocycles. The molecule has 0 bridgehead atoms. The van der Waals surface area contributed by atoms with Crippen molar-refractivity contribution in [3.8, 4) is 0 Å². The second-order valence-corrected chi connectivity index (χ2v) is 2.67. The van der Waals surface area contributed by atoms with Gasteiger partial charge in [0.2, 0.25) is 0 Å². The zero-order chi connectivity index (χ0) is 6.85. The van der Waals surface area contributed by atoms with Crippen LogP contribution in [0.25, 0.3) is 0 Å². The lowest BCUT2D eigenvalue weighted by Crippen LogP contribution is -2.06. The summed E-state index contributed by atoms with van der Waals surface area (Å²) in [5.74, 6) is 1.46. The van der Waals surface area contributed by atoms with Gasteiger partial charge in [0.15, 0.2) is 0 Å². The van der Waals surface area contributed by atoms with E-state index in [1.165, 1.54) is 0 Å². The van der Waals surface area contributed by atoms with Crippen LogP contribution in [0.5, 0.6) is 0 Å². The van der Waals surface area contributed by atoms with Crippen LogP contribution in [0.4, 0.5) is 0 Å². The zero-order valence-corrected chi connectivity index (χ0v) is 5.83. The molecule has 0 saturated heterocycles. The molecule has 0 amide bonds. The van der Waals surface area contributed by atoms with Gasteiger partial charge in [-0.25, -0.2) is 0 Å². The maximum Gasteiger partial charge on any atom is 0.111 e. The first kappa shape index (κ1) is 6.40. The van der Waals surface area contributed by atoms with E-state index in [9.17, 15) is 0 Å². The van der Waals surface area contributed by atoms with Crippen molar-refractivity contribution in [3.63, 3.8) is 0 Å². The SMILES string of the molecule is C[C@@H]1C=C(O)C=C[C@@H]1C. The Hall–Kier alpha value is -0.720. The van der Waals surface area contributed by atoms with Gasteiger partial charge in [-0.3, -0.25) is 0 Å². The fourth-order valence-corrected chi connectivity index (χ4v) is 0.902. The third-order valence-electron chi connectivity index (χ3n) is 1.83. The summed E-state index contributed by atoms with van der Waals surface area (Å²) in [5, 5.41) is 8.97. The zero-order valence-electron chi connectivity index (χ0n) is 5.83. The Labute approximate surface area is 55.7 Å². The third kappa shape index (κ3) is 1.35. The maximum absolute atomic E-state index is 8.97. The number of allylic oxidation sites excluding steroid dienone is 3. The molecule has 0 aromatic rings. The summed E-state index contributed by atoms with van der Waals surface area (Å²) in [6, 6.07) is 0. The summed E-state index contributed by atoms with van der Waals surface area (Å²) in [6.07, 6.45) is 5.66. The van der Waals surface area contributed by atoms with Crippen molar-refractivity contribution in [1.82, 2.24) is 0 Å². The molecule has 1 rings (SSSR count). The Balaban J connectivity index is 2.70. The van der Waals surface area contributed by atoms with Gasteiger partial charge in [-0.2, -0.15) is 0 Å². The fourth-order valence-electron chi connectivity index (χ4n) is 0.902. The van der Waals surface area contributed by atoms with Gasteiger partial charge in [0.1, 0.15) is 5.76 Å². The molecule has 0 aromatic heterocycles. The summed E-state index contributed by atoms with van der Waals surface area (Å²) in [7, 11) is 0. The molecule has 9 heavy (non-hydrogen) atoms. The highest BCUT2D eigenvalue weighted by molar-refractivity contribution is 5.18.